The van der Waals surface area contributed by atoms with Crippen LogP contribution in [-0.4, -0.2) is 9.97 Å². The van der Waals surface area contributed by atoms with Crippen molar-refractivity contribution in [2.75, 3.05) is 5.32 Å². The van der Waals surface area contributed by atoms with Crippen molar-refractivity contribution in [3.8, 4) is 10.7 Å². The van der Waals surface area contributed by atoms with E-state index in [1.54, 1.807) is 29.5 Å². The van der Waals surface area contributed by atoms with E-state index in [0.717, 1.165) is 15.8 Å². The highest BCUT2D eigenvalue weighted by Gasteiger charge is 2.11. The molecule has 2 aromatic heterocycles. The Labute approximate surface area is 136 Å². The van der Waals surface area contributed by atoms with Gasteiger partial charge in [0.25, 0.3) is 0 Å². The fourth-order valence-corrected chi connectivity index (χ4v) is 3.04. The van der Waals surface area contributed by atoms with E-state index >= 15 is 0 Å². The molecule has 2 heterocycles. The molecule has 23 heavy (non-hydrogen) atoms. The molecule has 5 heteroatoms. The lowest BCUT2D eigenvalue weighted by atomic mass is 10.2. The van der Waals surface area contributed by atoms with Crippen molar-refractivity contribution < 1.29 is 4.39 Å². The molecule has 112 valence electrons. The Balaban J connectivity index is 1.89. The van der Waals surface area contributed by atoms with Crippen LogP contribution in [0, 0.1) is 5.82 Å². The zero-order valence-electron chi connectivity index (χ0n) is 12.0. The number of halogens is 1. The standard InChI is InChI=1S/C18H12FN3S/c19-13-7-2-4-9-15(13)21-17-12-6-1-3-8-14(12)20-18(22-17)16-10-5-11-23-16/h1-11H,(H,20,21,22). The van der Waals surface area contributed by atoms with Crippen LogP contribution in [0.3, 0.4) is 0 Å². The Morgan fingerprint density at radius 3 is 2.52 bits per heavy atom. The van der Waals surface area contributed by atoms with Gasteiger partial charge in [-0.2, -0.15) is 0 Å². The van der Waals surface area contributed by atoms with Crippen molar-refractivity contribution in [1.82, 2.24) is 9.97 Å². The maximum atomic E-state index is 13.9. The molecule has 4 rings (SSSR count). The van der Waals surface area contributed by atoms with E-state index in [9.17, 15) is 4.39 Å². The van der Waals surface area contributed by atoms with Crippen LogP contribution >= 0.6 is 11.3 Å². The average molecular weight is 321 g/mol. The summed E-state index contributed by atoms with van der Waals surface area (Å²) in [5, 5.41) is 5.94. The summed E-state index contributed by atoms with van der Waals surface area (Å²) < 4.78 is 13.9. The highest BCUT2D eigenvalue weighted by Crippen LogP contribution is 2.29. The van der Waals surface area contributed by atoms with Crippen molar-refractivity contribution in [3.63, 3.8) is 0 Å². The molecular formula is C18H12FN3S. The van der Waals surface area contributed by atoms with Crippen LogP contribution in [0.1, 0.15) is 0 Å². The summed E-state index contributed by atoms with van der Waals surface area (Å²) in [4.78, 5) is 10.2. The van der Waals surface area contributed by atoms with Crippen molar-refractivity contribution in [1.29, 1.82) is 0 Å². The lowest BCUT2D eigenvalue weighted by Crippen LogP contribution is -2.00. The zero-order valence-corrected chi connectivity index (χ0v) is 12.8. The highest BCUT2D eigenvalue weighted by molar-refractivity contribution is 7.13. The van der Waals surface area contributed by atoms with Crippen molar-refractivity contribution in [2.24, 2.45) is 0 Å². The Morgan fingerprint density at radius 1 is 0.870 bits per heavy atom. The third-order valence-electron chi connectivity index (χ3n) is 3.47. The van der Waals surface area contributed by atoms with Crippen LogP contribution in [0.2, 0.25) is 0 Å². The second kappa shape index (κ2) is 5.78. The molecule has 0 saturated carbocycles. The van der Waals surface area contributed by atoms with Gasteiger partial charge < -0.3 is 5.32 Å². The molecular weight excluding hydrogens is 309 g/mol. The molecule has 0 radical (unpaired) electrons. The molecule has 0 atom stereocenters. The van der Waals surface area contributed by atoms with Crippen LogP contribution in [0.25, 0.3) is 21.6 Å². The third-order valence-corrected chi connectivity index (χ3v) is 4.34. The molecule has 0 aliphatic rings. The molecule has 4 aromatic rings. The second-order valence-electron chi connectivity index (χ2n) is 5.00. The van der Waals surface area contributed by atoms with Gasteiger partial charge in [-0.3, -0.25) is 0 Å². The summed E-state index contributed by atoms with van der Waals surface area (Å²) in [7, 11) is 0. The van der Waals surface area contributed by atoms with Gasteiger partial charge in [-0.1, -0.05) is 30.3 Å². The van der Waals surface area contributed by atoms with E-state index in [1.807, 2.05) is 41.8 Å². The Hall–Kier alpha value is -2.79. The highest BCUT2D eigenvalue weighted by atomic mass is 32.1. The second-order valence-corrected chi connectivity index (χ2v) is 5.94. The van der Waals surface area contributed by atoms with E-state index in [2.05, 4.69) is 15.3 Å². The Kier molecular flexibility index (Phi) is 3.48. The first-order chi connectivity index (χ1) is 11.3. The predicted molar refractivity (Wildman–Crippen MR) is 92.5 cm³/mol. The number of benzene rings is 2. The normalized spacial score (nSPS) is 10.8. The lowest BCUT2D eigenvalue weighted by molar-refractivity contribution is 0.632. The summed E-state index contributed by atoms with van der Waals surface area (Å²) in [6, 6.07) is 18.2. The van der Waals surface area contributed by atoms with Crippen LogP contribution < -0.4 is 5.32 Å². The van der Waals surface area contributed by atoms with Crippen molar-refractivity contribution in [3.05, 3.63) is 71.9 Å². The molecule has 0 amide bonds. The minimum atomic E-state index is -0.312. The van der Waals surface area contributed by atoms with Crippen LogP contribution in [0.5, 0.6) is 0 Å². The number of fused-ring (bicyclic) bond motifs is 1. The zero-order chi connectivity index (χ0) is 15.6. The predicted octanol–water partition coefficient (Wildman–Crippen LogP) is 5.24. The van der Waals surface area contributed by atoms with Gasteiger partial charge in [-0.15, -0.1) is 11.3 Å². The SMILES string of the molecule is Fc1ccccc1Nc1nc(-c2cccs2)nc2ccccc12. The monoisotopic (exact) mass is 321 g/mol. The van der Waals surface area contributed by atoms with Gasteiger partial charge in [-0.05, 0) is 35.7 Å². The fourth-order valence-electron chi connectivity index (χ4n) is 2.38. The molecule has 3 nitrogen and oxygen atoms in total. The van der Waals surface area contributed by atoms with Gasteiger partial charge in [0.2, 0.25) is 0 Å². The molecule has 0 fully saturated rings. The Bertz CT molecular complexity index is 967. The van der Waals surface area contributed by atoms with Crippen LogP contribution in [0.4, 0.5) is 15.9 Å². The fraction of sp³-hybridized carbons (Fsp3) is 0. The maximum Gasteiger partial charge on any atom is 0.172 e. The van der Waals surface area contributed by atoms with Crippen LogP contribution in [0.15, 0.2) is 66.0 Å². The van der Waals surface area contributed by atoms with Crippen molar-refractivity contribution in [2.45, 2.75) is 0 Å². The van der Waals surface area contributed by atoms with E-state index < -0.39 is 0 Å². The van der Waals surface area contributed by atoms with Gasteiger partial charge in [-0.25, -0.2) is 14.4 Å². The molecule has 0 saturated heterocycles. The van der Waals surface area contributed by atoms with Gasteiger partial charge in [0, 0.05) is 5.39 Å². The molecule has 0 spiro atoms. The summed E-state index contributed by atoms with van der Waals surface area (Å²) in [5.74, 6) is 0.925. The number of thiophene rings is 1. The summed E-state index contributed by atoms with van der Waals surface area (Å²) in [6.45, 7) is 0. The van der Waals surface area contributed by atoms with Crippen molar-refractivity contribution >= 4 is 33.7 Å². The van der Waals surface area contributed by atoms with Gasteiger partial charge >= 0.3 is 0 Å². The first-order valence-electron chi connectivity index (χ1n) is 7.13. The largest absolute Gasteiger partial charge is 0.337 e. The first kappa shape index (κ1) is 13.8. The summed E-state index contributed by atoms with van der Waals surface area (Å²) in [5.41, 5.74) is 1.22. The van der Waals surface area contributed by atoms with E-state index in [-0.39, 0.29) is 5.82 Å². The minimum absolute atomic E-state index is 0.312. The first-order valence-corrected chi connectivity index (χ1v) is 8.01. The van der Waals surface area contributed by atoms with Gasteiger partial charge in [0.05, 0.1) is 16.1 Å². The summed E-state index contributed by atoms with van der Waals surface area (Å²) >= 11 is 1.58. The Morgan fingerprint density at radius 2 is 1.70 bits per heavy atom. The number of anilines is 2. The quantitative estimate of drug-likeness (QED) is 0.560. The average Bonchev–Trinajstić information content (AvgIpc) is 3.11. The molecule has 2 aromatic carbocycles. The molecule has 0 aliphatic carbocycles. The third kappa shape index (κ3) is 2.66. The molecule has 0 unspecified atom stereocenters. The van der Waals surface area contributed by atoms with E-state index in [0.29, 0.717) is 17.3 Å². The number of rotatable bonds is 3. The number of hydrogen-bond acceptors (Lipinski definition) is 4. The van der Waals surface area contributed by atoms with Gasteiger partial charge in [0.15, 0.2) is 5.82 Å². The topological polar surface area (TPSA) is 37.8 Å². The maximum absolute atomic E-state index is 13.9. The molecule has 1 N–H and O–H groups in total. The lowest BCUT2D eigenvalue weighted by Gasteiger charge is -2.11. The van der Waals surface area contributed by atoms with Crippen LogP contribution in [-0.2, 0) is 0 Å². The molecule has 0 aliphatic heterocycles. The van der Waals surface area contributed by atoms with Gasteiger partial charge in [0.1, 0.15) is 11.6 Å². The smallest absolute Gasteiger partial charge is 0.172 e. The van der Waals surface area contributed by atoms with E-state index in [1.165, 1.54) is 6.07 Å². The molecule has 0 bridgehead atoms. The number of nitrogens with one attached hydrogen (secondary N) is 1. The minimum Gasteiger partial charge on any atom is -0.337 e. The number of para-hydroxylation sites is 2. The summed E-state index contributed by atoms with van der Waals surface area (Å²) in [6.07, 6.45) is 0. The number of hydrogen-bond donors (Lipinski definition) is 1. The number of aromatic nitrogens is 2. The number of nitrogens with zero attached hydrogens (tertiary/aromatic N) is 2. The van der Waals surface area contributed by atoms with E-state index in [4.69, 9.17) is 0 Å².